The molecule has 0 aromatic heterocycles. The maximum absolute atomic E-state index is 15.4. The van der Waals surface area contributed by atoms with Gasteiger partial charge in [0.05, 0.1) is 20.9 Å². The van der Waals surface area contributed by atoms with E-state index in [9.17, 15) is 25.9 Å². The fourth-order valence-corrected chi connectivity index (χ4v) is 6.07. The lowest BCUT2D eigenvalue weighted by molar-refractivity contribution is 0.362. The van der Waals surface area contributed by atoms with Gasteiger partial charge < -0.3 is 9.47 Å². The third-order valence-corrected chi connectivity index (χ3v) is 9.01. The molecule has 0 spiro atoms. The van der Waals surface area contributed by atoms with E-state index in [2.05, 4.69) is 0 Å². The fourth-order valence-electron chi connectivity index (χ4n) is 5.03. The Morgan fingerprint density at radius 3 is 1.36 bits per heavy atom. The number of rotatable bonds is 7. The highest BCUT2D eigenvalue weighted by molar-refractivity contribution is 7.86. The van der Waals surface area contributed by atoms with Crippen LogP contribution >= 0.6 is 0 Å². The maximum atomic E-state index is 15.4. The molecule has 6 aromatic rings. The minimum absolute atomic E-state index is 0.00566. The highest BCUT2D eigenvalue weighted by atomic mass is 32.2. The van der Waals surface area contributed by atoms with Crippen LogP contribution in [0.2, 0.25) is 0 Å². The molecule has 0 bridgehead atoms. The number of benzene rings is 6. The molecule has 0 heterocycles. The van der Waals surface area contributed by atoms with Crippen molar-refractivity contribution >= 4 is 41.8 Å². The van der Waals surface area contributed by atoms with Gasteiger partial charge in [-0.05, 0) is 41.1 Å². The Bertz CT molecular complexity index is 2590. The molecule has 0 saturated carbocycles. The molecular weight excluding hydrogens is 728 g/mol. The molecular formula is C32H14F8O8S2. The van der Waals surface area contributed by atoms with Crippen molar-refractivity contribution in [2.24, 2.45) is 0 Å². The minimum Gasteiger partial charge on any atom is -0.450 e. The summed E-state index contributed by atoms with van der Waals surface area (Å²) in [5, 5.41) is -0.147. The lowest BCUT2D eigenvalue weighted by atomic mass is 10.0. The molecule has 0 aliphatic heterocycles. The van der Waals surface area contributed by atoms with E-state index in [1.165, 1.54) is 36.4 Å². The number of hydrogen-bond donors (Lipinski definition) is 2. The van der Waals surface area contributed by atoms with Gasteiger partial charge in [-0.3, -0.25) is 9.11 Å². The Balaban J connectivity index is 1.46. The molecule has 0 unspecified atom stereocenters. The van der Waals surface area contributed by atoms with E-state index in [1.807, 2.05) is 0 Å². The standard InChI is InChI=1S/C32H14F8O8S2/c33-23-21(24(34)28(38)31(27(23)37)47-19-7-3-5-14-10-15(49(41,42)43)8-9-18(14)19)22-25(35)29(39)32(30(40)26(22)36)48-20-12-16(50(44,45)46)11-13-4-1-2-6-17(13)20/h1-12H,(H,41,42,43)(H,44,45,46). The Morgan fingerprint density at radius 1 is 0.440 bits per heavy atom. The largest absolute Gasteiger partial charge is 0.450 e. The van der Waals surface area contributed by atoms with Gasteiger partial charge in [0.2, 0.25) is 34.8 Å². The van der Waals surface area contributed by atoms with E-state index in [4.69, 9.17) is 9.47 Å². The second-order valence-corrected chi connectivity index (χ2v) is 13.2. The van der Waals surface area contributed by atoms with Crippen molar-refractivity contribution in [3.8, 4) is 34.1 Å². The SMILES string of the molecule is O=S(=O)(O)c1ccc2c(Oc3c(F)c(F)c(-c4c(F)c(F)c(Oc5cc(S(=O)(=O)O)cc6ccccc56)c(F)c4F)c(F)c3F)cccc2c1. The first-order valence-electron chi connectivity index (χ1n) is 13.5. The summed E-state index contributed by atoms with van der Waals surface area (Å²) < 4.78 is 198. The summed E-state index contributed by atoms with van der Waals surface area (Å²) in [6, 6.07) is 13.1. The smallest absolute Gasteiger partial charge is 0.294 e. The molecule has 0 amide bonds. The second-order valence-electron chi connectivity index (χ2n) is 10.4. The summed E-state index contributed by atoms with van der Waals surface area (Å²) in [6.45, 7) is 0. The normalized spacial score (nSPS) is 12.1. The molecule has 258 valence electrons. The summed E-state index contributed by atoms with van der Waals surface area (Å²) in [5.74, 6) is -25.0. The van der Waals surface area contributed by atoms with E-state index >= 15 is 35.1 Å². The third kappa shape index (κ3) is 5.85. The van der Waals surface area contributed by atoms with Crippen molar-refractivity contribution in [1.82, 2.24) is 0 Å². The third-order valence-electron chi connectivity index (χ3n) is 7.33. The van der Waals surface area contributed by atoms with Crippen molar-refractivity contribution in [3.05, 3.63) is 119 Å². The van der Waals surface area contributed by atoms with Crippen LogP contribution in [-0.4, -0.2) is 25.9 Å². The van der Waals surface area contributed by atoms with Crippen molar-refractivity contribution in [3.63, 3.8) is 0 Å². The van der Waals surface area contributed by atoms with Crippen molar-refractivity contribution < 1.29 is 70.5 Å². The van der Waals surface area contributed by atoms with Crippen LogP contribution in [0.4, 0.5) is 35.1 Å². The van der Waals surface area contributed by atoms with Gasteiger partial charge in [-0.1, -0.05) is 36.4 Å². The van der Waals surface area contributed by atoms with Crippen LogP contribution in [0.3, 0.4) is 0 Å². The molecule has 0 radical (unpaired) electrons. The Hall–Kier alpha value is -5.30. The van der Waals surface area contributed by atoms with Crippen molar-refractivity contribution in [2.75, 3.05) is 0 Å². The van der Waals surface area contributed by atoms with E-state index in [1.54, 1.807) is 0 Å². The number of ether oxygens (including phenoxy) is 2. The summed E-state index contributed by atoms with van der Waals surface area (Å²) in [7, 11) is -9.64. The lowest BCUT2D eigenvalue weighted by Crippen LogP contribution is -2.09. The zero-order chi connectivity index (χ0) is 36.4. The molecule has 0 saturated heterocycles. The van der Waals surface area contributed by atoms with Gasteiger partial charge in [0.25, 0.3) is 20.2 Å². The van der Waals surface area contributed by atoms with Crippen LogP contribution in [0, 0.1) is 46.5 Å². The van der Waals surface area contributed by atoms with Gasteiger partial charge in [0.1, 0.15) is 11.5 Å². The first-order valence-corrected chi connectivity index (χ1v) is 16.4. The van der Waals surface area contributed by atoms with Crippen LogP contribution in [0.15, 0.2) is 82.6 Å². The first kappa shape index (κ1) is 34.6. The molecule has 18 heteroatoms. The van der Waals surface area contributed by atoms with E-state index < -0.39 is 111 Å². The van der Waals surface area contributed by atoms with E-state index in [0.717, 1.165) is 30.3 Å². The average molecular weight is 743 g/mol. The fraction of sp³-hybridized carbons (Fsp3) is 0. The summed E-state index contributed by atoms with van der Waals surface area (Å²) in [6.07, 6.45) is 0. The quantitative estimate of drug-likeness (QED) is 0.0944. The Labute approximate surface area is 275 Å². The first-order chi connectivity index (χ1) is 23.4. The van der Waals surface area contributed by atoms with Gasteiger partial charge >= 0.3 is 0 Å². The molecule has 6 rings (SSSR count). The summed E-state index contributed by atoms with van der Waals surface area (Å²) >= 11 is 0. The van der Waals surface area contributed by atoms with Gasteiger partial charge in [-0.2, -0.15) is 34.4 Å². The van der Waals surface area contributed by atoms with Gasteiger partial charge in [-0.25, -0.2) is 17.6 Å². The molecule has 0 aliphatic rings. The predicted octanol–water partition coefficient (Wildman–Crippen LogP) is 8.85. The van der Waals surface area contributed by atoms with Crippen molar-refractivity contribution in [1.29, 1.82) is 0 Å². The van der Waals surface area contributed by atoms with Gasteiger partial charge in [-0.15, -0.1) is 0 Å². The summed E-state index contributed by atoms with van der Waals surface area (Å²) in [5.41, 5.74) is -4.45. The maximum Gasteiger partial charge on any atom is 0.294 e. The monoisotopic (exact) mass is 742 g/mol. The van der Waals surface area contributed by atoms with Crippen molar-refractivity contribution in [2.45, 2.75) is 9.79 Å². The van der Waals surface area contributed by atoms with E-state index in [-0.39, 0.29) is 21.5 Å². The van der Waals surface area contributed by atoms with Crippen LogP contribution < -0.4 is 9.47 Å². The summed E-state index contributed by atoms with van der Waals surface area (Å²) in [4.78, 5) is -1.44. The van der Waals surface area contributed by atoms with Crippen LogP contribution in [-0.2, 0) is 20.2 Å². The topological polar surface area (TPSA) is 127 Å². The molecule has 8 nitrogen and oxygen atoms in total. The van der Waals surface area contributed by atoms with Gasteiger partial charge in [0.15, 0.2) is 23.3 Å². The predicted molar refractivity (Wildman–Crippen MR) is 159 cm³/mol. The van der Waals surface area contributed by atoms with Gasteiger partial charge in [0, 0.05) is 16.8 Å². The number of halogens is 8. The highest BCUT2D eigenvalue weighted by Crippen LogP contribution is 2.45. The number of hydrogen-bond acceptors (Lipinski definition) is 6. The second kappa shape index (κ2) is 12.2. The van der Waals surface area contributed by atoms with Crippen LogP contribution in [0.1, 0.15) is 0 Å². The Morgan fingerprint density at radius 2 is 0.860 bits per heavy atom. The average Bonchev–Trinajstić information content (AvgIpc) is 3.07. The van der Waals surface area contributed by atoms with Crippen LogP contribution in [0.25, 0.3) is 32.7 Å². The molecule has 0 atom stereocenters. The molecule has 6 aromatic carbocycles. The zero-order valence-electron chi connectivity index (χ0n) is 24.1. The molecule has 0 aliphatic carbocycles. The molecule has 0 fully saturated rings. The van der Waals surface area contributed by atoms with E-state index in [0.29, 0.717) is 6.07 Å². The highest BCUT2D eigenvalue weighted by Gasteiger charge is 2.36. The molecule has 2 N–H and O–H groups in total. The molecule has 50 heavy (non-hydrogen) atoms. The number of fused-ring (bicyclic) bond motifs is 2. The minimum atomic E-state index is -4.96. The zero-order valence-corrected chi connectivity index (χ0v) is 25.7. The lowest BCUT2D eigenvalue weighted by Gasteiger charge is -2.17. The van der Waals surface area contributed by atoms with Crippen LogP contribution in [0.5, 0.6) is 23.0 Å². The Kier molecular flexibility index (Phi) is 8.46.